The number of nitriles is 1. The standard InChI is InChI=1S/C15H21NO/c1-5-17-15-7-6-13(8-12(15)4)9-14(10-16)11(2)3/h6-8,11,14H,5,9H2,1-4H3. The van der Waals surface area contributed by atoms with Gasteiger partial charge in [-0.2, -0.15) is 5.26 Å². The second-order valence-corrected chi connectivity index (χ2v) is 4.72. The van der Waals surface area contributed by atoms with Crippen LogP contribution in [-0.4, -0.2) is 6.61 Å². The van der Waals surface area contributed by atoms with Crippen molar-refractivity contribution < 1.29 is 4.74 Å². The molecular weight excluding hydrogens is 210 g/mol. The molecule has 17 heavy (non-hydrogen) atoms. The van der Waals surface area contributed by atoms with Crippen LogP contribution in [0.3, 0.4) is 0 Å². The van der Waals surface area contributed by atoms with Crippen molar-refractivity contribution in [2.24, 2.45) is 11.8 Å². The zero-order valence-electron chi connectivity index (χ0n) is 11.2. The molecule has 0 aliphatic carbocycles. The van der Waals surface area contributed by atoms with E-state index in [4.69, 9.17) is 10.00 Å². The number of hydrogen-bond donors (Lipinski definition) is 0. The molecule has 92 valence electrons. The van der Waals surface area contributed by atoms with Crippen LogP contribution in [-0.2, 0) is 6.42 Å². The average molecular weight is 231 g/mol. The van der Waals surface area contributed by atoms with Crippen molar-refractivity contribution in [1.29, 1.82) is 5.26 Å². The lowest BCUT2D eigenvalue weighted by molar-refractivity contribution is 0.337. The molecule has 0 N–H and O–H groups in total. The van der Waals surface area contributed by atoms with E-state index in [0.717, 1.165) is 17.7 Å². The quantitative estimate of drug-likeness (QED) is 0.773. The Morgan fingerprint density at radius 1 is 1.35 bits per heavy atom. The summed E-state index contributed by atoms with van der Waals surface area (Å²) in [6.07, 6.45) is 0.821. The topological polar surface area (TPSA) is 33.0 Å². The maximum absolute atomic E-state index is 9.09. The van der Waals surface area contributed by atoms with Gasteiger partial charge in [0.2, 0.25) is 0 Å². The van der Waals surface area contributed by atoms with Gasteiger partial charge < -0.3 is 4.74 Å². The van der Waals surface area contributed by atoms with Crippen LogP contribution in [0.25, 0.3) is 0 Å². The highest BCUT2D eigenvalue weighted by molar-refractivity contribution is 5.36. The predicted molar refractivity (Wildman–Crippen MR) is 70.0 cm³/mol. The summed E-state index contributed by atoms with van der Waals surface area (Å²) in [6.45, 7) is 8.90. The van der Waals surface area contributed by atoms with Gasteiger partial charge in [-0.15, -0.1) is 0 Å². The van der Waals surface area contributed by atoms with Crippen molar-refractivity contribution >= 4 is 0 Å². The SMILES string of the molecule is CCOc1ccc(CC(C#N)C(C)C)cc1C. The normalized spacial score (nSPS) is 12.2. The van der Waals surface area contributed by atoms with Crippen LogP contribution >= 0.6 is 0 Å². The van der Waals surface area contributed by atoms with E-state index in [2.05, 4.69) is 32.0 Å². The van der Waals surface area contributed by atoms with Gasteiger partial charge in [0.05, 0.1) is 18.6 Å². The van der Waals surface area contributed by atoms with Gasteiger partial charge in [0, 0.05) is 0 Å². The zero-order chi connectivity index (χ0) is 12.8. The van der Waals surface area contributed by atoms with Crippen molar-refractivity contribution in [2.75, 3.05) is 6.61 Å². The Labute approximate surface area is 104 Å². The number of rotatable bonds is 5. The molecule has 0 aliphatic rings. The first-order valence-electron chi connectivity index (χ1n) is 6.20. The molecule has 2 heteroatoms. The van der Waals surface area contributed by atoms with Gasteiger partial charge in [0.1, 0.15) is 5.75 Å². The highest BCUT2D eigenvalue weighted by atomic mass is 16.5. The lowest BCUT2D eigenvalue weighted by atomic mass is 9.90. The molecule has 0 fully saturated rings. The third-order valence-electron chi connectivity index (χ3n) is 2.97. The van der Waals surface area contributed by atoms with Crippen molar-refractivity contribution in [2.45, 2.75) is 34.1 Å². The molecule has 0 spiro atoms. The van der Waals surface area contributed by atoms with Crippen molar-refractivity contribution in [3.8, 4) is 11.8 Å². The third kappa shape index (κ3) is 3.78. The number of nitrogens with zero attached hydrogens (tertiary/aromatic N) is 1. The summed E-state index contributed by atoms with van der Waals surface area (Å²) in [5.41, 5.74) is 2.36. The van der Waals surface area contributed by atoms with E-state index >= 15 is 0 Å². The Bertz CT molecular complexity index is 404. The number of aryl methyl sites for hydroxylation is 1. The molecule has 1 aromatic rings. The summed E-state index contributed by atoms with van der Waals surface area (Å²) >= 11 is 0. The molecular formula is C15H21NO. The molecule has 1 atom stereocenters. The molecule has 0 aromatic heterocycles. The van der Waals surface area contributed by atoms with Crippen molar-refractivity contribution in [3.05, 3.63) is 29.3 Å². The van der Waals surface area contributed by atoms with Crippen LogP contribution in [0.2, 0.25) is 0 Å². The van der Waals surface area contributed by atoms with Crippen molar-refractivity contribution in [1.82, 2.24) is 0 Å². The molecule has 0 saturated heterocycles. The van der Waals surface area contributed by atoms with Crippen molar-refractivity contribution in [3.63, 3.8) is 0 Å². The Morgan fingerprint density at radius 3 is 2.53 bits per heavy atom. The largest absolute Gasteiger partial charge is 0.494 e. The second-order valence-electron chi connectivity index (χ2n) is 4.72. The smallest absolute Gasteiger partial charge is 0.122 e. The van der Waals surface area contributed by atoms with Crippen LogP contribution < -0.4 is 4.74 Å². The minimum atomic E-state index is 0.0901. The summed E-state index contributed by atoms with van der Waals surface area (Å²) in [6, 6.07) is 8.56. The lowest BCUT2D eigenvalue weighted by Gasteiger charge is -2.14. The molecule has 1 unspecified atom stereocenters. The summed E-state index contributed by atoms with van der Waals surface area (Å²) < 4.78 is 5.51. The lowest BCUT2D eigenvalue weighted by Crippen LogP contribution is -2.09. The van der Waals surface area contributed by atoms with Gasteiger partial charge in [-0.1, -0.05) is 26.0 Å². The highest BCUT2D eigenvalue weighted by Crippen LogP contribution is 2.22. The fourth-order valence-corrected chi connectivity index (χ4v) is 1.84. The van der Waals surface area contributed by atoms with Gasteiger partial charge in [-0.3, -0.25) is 0 Å². The molecule has 1 aromatic carbocycles. The predicted octanol–water partition coefficient (Wildman–Crippen LogP) is 3.73. The van der Waals surface area contributed by atoms with E-state index in [9.17, 15) is 0 Å². The molecule has 2 nitrogen and oxygen atoms in total. The van der Waals surface area contributed by atoms with Crippen LogP contribution in [0.15, 0.2) is 18.2 Å². The fraction of sp³-hybridized carbons (Fsp3) is 0.533. The van der Waals surface area contributed by atoms with E-state index in [-0.39, 0.29) is 5.92 Å². The van der Waals surface area contributed by atoms with Gasteiger partial charge in [0.15, 0.2) is 0 Å². The van der Waals surface area contributed by atoms with Gasteiger partial charge in [0.25, 0.3) is 0 Å². The third-order valence-corrected chi connectivity index (χ3v) is 2.97. The monoisotopic (exact) mass is 231 g/mol. The van der Waals surface area contributed by atoms with Gasteiger partial charge >= 0.3 is 0 Å². The van der Waals surface area contributed by atoms with E-state index in [0.29, 0.717) is 12.5 Å². The minimum absolute atomic E-state index is 0.0901. The molecule has 0 heterocycles. The van der Waals surface area contributed by atoms with Crippen LogP contribution in [0.4, 0.5) is 0 Å². The maximum atomic E-state index is 9.09. The van der Waals surface area contributed by atoms with Crippen LogP contribution in [0.5, 0.6) is 5.75 Å². The Kier molecular flexibility index (Phi) is 5.03. The summed E-state index contributed by atoms with van der Waals surface area (Å²) in [4.78, 5) is 0. The number of ether oxygens (including phenoxy) is 1. The molecule has 0 amide bonds. The molecule has 0 radical (unpaired) electrons. The van der Waals surface area contributed by atoms with Gasteiger partial charge in [-0.25, -0.2) is 0 Å². The fourth-order valence-electron chi connectivity index (χ4n) is 1.84. The maximum Gasteiger partial charge on any atom is 0.122 e. The van der Waals surface area contributed by atoms with Crippen LogP contribution in [0, 0.1) is 30.1 Å². The first-order valence-corrected chi connectivity index (χ1v) is 6.20. The molecule has 1 rings (SSSR count). The second kappa shape index (κ2) is 6.30. The first kappa shape index (κ1) is 13.6. The molecule has 0 aliphatic heterocycles. The first-order chi connectivity index (χ1) is 8.08. The summed E-state index contributed by atoms with van der Waals surface area (Å²) in [7, 11) is 0. The number of benzene rings is 1. The van der Waals surface area contributed by atoms with E-state index in [1.165, 1.54) is 5.56 Å². The molecule has 0 bridgehead atoms. The average Bonchev–Trinajstić information content (AvgIpc) is 2.29. The van der Waals surface area contributed by atoms with E-state index < -0.39 is 0 Å². The Hall–Kier alpha value is -1.49. The zero-order valence-corrected chi connectivity index (χ0v) is 11.2. The van der Waals surface area contributed by atoms with E-state index in [1.807, 2.05) is 19.9 Å². The highest BCUT2D eigenvalue weighted by Gasteiger charge is 2.13. The Balaban J connectivity index is 2.80. The van der Waals surface area contributed by atoms with E-state index in [1.54, 1.807) is 0 Å². The Morgan fingerprint density at radius 2 is 2.06 bits per heavy atom. The molecule has 0 saturated carbocycles. The summed E-state index contributed by atoms with van der Waals surface area (Å²) in [5.74, 6) is 1.42. The van der Waals surface area contributed by atoms with Gasteiger partial charge in [-0.05, 0) is 43.4 Å². The van der Waals surface area contributed by atoms with Crippen LogP contribution in [0.1, 0.15) is 31.9 Å². The minimum Gasteiger partial charge on any atom is -0.494 e. The summed E-state index contributed by atoms with van der Waals surface area (Å²) in [5, 5.41) is 9.09. The number of hydrogen-bond acceptors (Lipinski definition) is 2.